The van der Waals surface area contributed by atoms with Crippen molar-refractivity contribution in [2.75, 3.05) is 0 Å². The van der Waals surface area contributed by atoms with Crippen LogP contribution in [0.25, 0.3) is 11.1 Å². The highest BCUT2D eigenvalue weighted by Gasteiger charge is 2.48. The van der Waals surface area contributed by atoms with Crippen molar-refractivity contribution in [3.8, 4) is 0 Å². The Morgan fingerprint density at radius 3 is 2.48 bits per heavy atom. The number of hydrogen-bond acceptors (Lipinski definition) is 4. The van der Waals surface area contributed by atoms with E-state index in [2.05, 4.69) is 23.4 Å². The standard InChI is InChI=1S/C17H18N2O2S2/c1-11-6-15(22-10-11)14-8-17(4-5-17)7-13(14)12-2-3-16(19-9-12)23(18,20)21/h2-3,6,9-10H,4-5,7-8H2,1H3,(H2,18,20,21). The number of primary sulfonamides is 1. The van der Waals surface area contributed by atoms with Gasteiger partial charge in [0.25, 0.3) is 10.0 Å². The van der Waals surface area contributed by atoms with Crippen LogP contribution in [0.5, 0.6) is 0 Å². The number of aromatic nitrogens is 1. The van der Waals surface area contributed by atoms with Gasteiger partial charge in [-0.25, -0.2) is 18.5 Å². The Labute approximate surface area is 140 Å². The molecule has 4 nitrogen and oxygen atoms in total. The first-order valence-corrected chi connectivity index (χ1v) is 10.1. The van der Waals surface area contributed by atoms with Crippen LogP contribution in [0.2, 0.25) is 0 Å². The summed E-state index contributed by atoms with van der Waals surface area (Å²) in [6.07, 6.45) is 6.41. The molecule has 120 valence electrons. The van der Waals surface area contributed by atoms with Gasteiger partial charge in [0.1, 0.15) is 0 Å². The lowest BCUT2D eigenvalue weighted by Crippen LogP contribution is -2.13. The minimum Gasteiger partial charge on any atom is -0.243 e. The topological polar surface area (TPSA) is 73.1 Å². The van der Waals surface area contributed by atoms with E-state index in [0.717, 1.165) is 18.4 Å². The van der Waals surface area contributed by atoms with E-state index in [-0.39, 0.29) is 5.03 Å². The molecule has 2 N–H and O–H groups in total. The second kappa shape index (κ2) is 5.00. The maximum atomic E-state index is 11.4. The summed E-state index contributed by atoms with van der Waals surface area (Å²) in [5, 5.41) is 7.24. The summed E-state index contributed by atoms with van der Waals surface area (Å²) in [6, 6.07) is 5.59. The van der Waals surface area contributed by atoms with Crippen LogP contribution in [0.15, 0.2) is 34.8 Å². The average molecular weight is 346 g/mol. The van der Waals surface area contributed by atoms with E-state index < -0.39 is 10.0 Å². The zero-order chi connectivity index (χ0) is 16.2. The zero-order valence-electron chi connectivity index (χ0n) is 12.9. The number of pyridine rings is 1. The lowest BCUT2D eigenvalue weighted by atomic mass is 10.00. The molecule has 23 heavy (non-hydrogen) atoms. The summed E-state index contributed by atoms with van der Waals surface area (Å²) in [5.74, 6) is 0. The van der Waals surface area contributed by atoms with Crippen LogP contribution in [0.3, 0.4) is 0 Å². The fourth-order valence-electron chi connectivity index (χ4n) is 3.38. The number of sulfonamides is 1. The highest BCUT2D eigenvalue weighted by atomic mass is 32.2. The molecular formula is C17H18N2O2S2. The molecule has 0 atom stereocenters. The number of hydrogen-bond donors (Lipinski definition) is 1. The Bertz CT molecular complexity index is 904. The van der Waals surface area contributed by atoms with E-state index in [1.54, 1.807) is 17.5 Å². The van der Waals surface area contributed by atoms with Crippen LogP contribution in [0.1, 0.15) is 41.7 Å². The molecule has 0 saturated heterocycles. The molecule has 2 heterocycles. The van der Waals surface area contributed by atoms with Crippen molar-refractivity contribution in [2.45, 2.75) is 37.6 Å². The van der Waals surface area contributed by atoms with Gasteiger partial charge in [0.15, 0.2) is 5.03 Å². The van der Waals surface area contributed by atoms with Crippen molar-refractivity contribution in [1.29, 1.82) is 0 Å². The molecule has 0 bridgehead atoms. The number of thiophene rings is 1. The van der Waals surface area contributed by atoms with Crippen LogP contribution in [-0.2, 0) is 10.0 Å². The maximum absolute atomic E-state index is 11.4. The highest BCUT2D eigenvalue weighted by molar-refractivity contribution is 7.89. The molecule has 4 rings (SSSR count). The van der Waals surface area contributed by atoms with Crippen molar-refractivity contribution >= 4 is 32.5 Å². The molecule has 2 aliphatic carbocycles. The lowest BCUT2D eigenvalue weighted by Gasteiger charge is -2.07. The van der Waals surface area contributed by atoms with Gasteiger partial charge in [-0.3, -0.25) is 0 Å². The van der Waals surface area contributed by atoms with Crippen molar-refractivity contribution in [1.82, 2.24) is 4.98 Å². The molecule has 2 aliphatic rings. The third kappa shape index (κ3) is 2.75. The third-order valence-corrected chi connectivity index (χ3v) is 6.76. The predicted octanol–water partition coefficient (Wildman–Crippen LogP) is 3.58. The van der Waals surface area contributed by atoms with Gasteiger partial charge in [0.2, 0.25) is 0 Å². The van der Waals surface area contributed by atoms with Gasteiger partial charge in [-0.1, -0.05) is 6.07 Å². The van der Waals surface area contributed by atoms with E-state index in [4.69, 9.17) is 5.14 Å². The minimum absolute atomic E-state index is 0.0745. The smallest absolute Gasteiger partial charge is 0.243 e. The first-order chi connectivity index (χ1) is 10.9. The van der Waals surface area contributed by atoms with Gasteiger partial charge in [-0.2, -0.15) is 0 Å². The summed E-state index contributed by atoms with van der Waals surface area (Å²) < 4.78 is 22.7. The van der Waals surface area contributed by atoms with Gasteiger partial charge in [0.05, 0.1) is 0 Å². The van der Waals surface area contributed by atoms with Crippen molar-refractivity contribution in [3.63, 3.8) is 0 Å². The Hall–Kier alpha value is -1.50. The normalized spacial score (nSPS) is 19.6. The van der Waals surface area contributed by atoms with Gasteiger partial charge in [0, 0.05) is 11.1 Å². The highest BCUT2D eigenvalue weighted by Crippen LogP contribution is 2.63. The van der Waals surface area contributed by atoms with E-state index >= 15 is 0 Å². The van der Waals surface area contributed by atoms with E-state index in [1.165, 1.54) is 40.5 Å². The van der Waals surface area contributed by atoms with Crippen LogP contribution in [-0.4, -0.2) is 13.4 Å². The Kier molecular flexibility index (Phi) is 3.27. The third-order valence-electron chi connectivity index (χ3n) is 4.83. The summed E-state index contributed by atoms with van der Waals surface area (Å²) in [5.41, 5.74) is 5.48. The fraction of sp³-hybridized carbons (Fsp3) is 0.353. The maximum Gasteiger partial charge on any atom is 0.255 e. The van der Waals surface area contributed by atoms with Crippen molar-refractivity contribution in [3.05, 3.63) is 45.8 Å². The average Bonchev–Trinajstić information content (AvgIpc) is 2.93. The Morgan fingerprint density at radius 2 is 1.96 bits per heavy atom. The van der Waals surface area contributed by atoms with Gasteiger partial charge in [-0.05, 0) is 77.8 Å². The van der Waals surface area contributed by atoms with Gasteiger partial charge in [-0.15, -0.1) is 11.3 Å². The molecule has 6 heteroatoms. The summed E-state index contributed by atoms with van der Waals surface area (Å²) >= 11 is 1.79. The molecular weight excluding hydrogens is 328 g/mol. The minimum atomic E-state index is -3.74. The fourth-order valence-corrected chi connectivity index (χ4v) is 4.81. The van der Waals surface area contributed by atoms with Crippen molar-refractivity contribution < 1.29 is 8.42 Å². The van der Waals surface area contributed by atoms with E-state index in [1.807, 2.05) is 6.07 Å². The Balaban J connectivity index is 1.77. The largest absolute Gasteiger partial charge is 0.255 e. The number of nitrogens with zero attached hydrogens (tertiary/aromatic N) is 1. The monoisotopic (exact) mass is 346 g/mol. The quantitative estimate of drug-likeness (QED) is 0.923. The zero-order valence-corrected chi connectivity index (χ0v) is 14.5. The number of nitrogens with two attached hydrogens (primary N) is 1. The summed E-state index contributed by atoms with van der Waals surface area (Å²) in [4.78, 5) is 5.38. The van der Waals surface area contributed by atoms with Crippen LogP contribution in [0, 0.1) is 12.3 Å². The molecule has 0 amide bonds. The van der Waals surface area contributed by atoms with E-state index in [9.17, 15) is 8.42 Å². The number of allylic oxidation sites excluding steroid dienone is 2. The molecule has 0 radical (unpaired) electrons. The second-order valence-electron chi connectivity index (χ2n) is 6.73. The molecule has 1 saturated carbocycles. The predicted molar refractivity (Wildman–Crippen MR) is 92.4 cm³/mol. The first-order valence-electron chi connectivity index (χ1n) is 7.63. The lowest BCUT2D eigenvalue weighted by molar-refractivity contribution is 0.568. The molecule has 0 aliphatic heterocycles. The molecule has 1 spiro atoms. The first kappa shape index (κ1) is 15.1. The summed E-state index contributed by atoms with van der Waals surface area (Å²) in [7, 11) is -3.74. The SMILES string of the molecule is Cc1csc(C2=C(c3ccc(S(N)(=O)=O)nc3)CC3(CC3)C2)c1. The molecule has 0 unspecified atom stereocenters. The summed E-state index contributed by atoms with van der Waals surface area (Å²) in [6.45, 7) is 2.12. The second-order valence-corrected chi connectivity index (χ2v) is 9.15. The number of rotatable bonds is 3. The molecule has 0 aromatic carbocycles. The van der Waals surface area contributed by atoms with Crippen LogP contribution < -0.4 is 5.14 Å². The van der Waals surface area contributed by atoms with Gasteiger partial charge >= 0.3 is 0 Å². The molecule has 2 aromatic heterocycles. The van der Waals surface area contributed by atoms with Crippen molar-refractivity contribution in [2.24, 2.45) is 10.6 Å². The van der Waals surface area contributed by atoms with Crippen LogP contribution in [0.4, 0.5) is 0 Å². The van der Waals surface area contributed by atoms with Crippen LogP contribution >= 0.6 is 11.3 Å². The van der Waals surface area contributed by atoms with E-state index in [0.29, 0.717) is 5.41 Å². The number of aryl methyl sites for hydroxylation is 1. The molecule has 2 aromatic rings. The Morgan fingerprint density at radius 1 is 1.22 bits per heavy atom. The van der Waals surface area contributed by atoms with Gasteiger partial charge < -0.3 is 0 Å². The molecule has 1 fully saturated rings.